The molecule has 140 valence electrons. The SMILES string of the molecule is Cc1cc(C=C(C#N)c2ccccc2)c(C)n1-c1ccc(-c2ccccc2)cc1. The maximum Gasteiger partial charge on any atom is 0.0998 e. The summed E-state index contributed by atoms with van der Waals surface area (Å²) in [5.41, 5.74) is 8.48. The predicted octanol–water partition coefficient (Wildman–Crippen LogP) is 6.83. The van der Waals surface area contributed by atoms with Crippen LogP contribution in [-0.4, -0.2) is 4.57 Å². The van der Waals surface area contributed by atoms with E-state index in [4.69, 9.17) is 0 Å². The fraction of sp³-hybridized carbons (Fsp3) is 0.0741. The number of rotatable bonds is 4. The molecule has 1 aromatic heterocycles. The van der Waals surface area contributed by atoms with Crippen molar-refractivity contribution in [2.24, 2.45) is 0 Å². The second kappa shape index (κ2) is 8.04. The van der Waals surface area contributed by atoms with Crippen LogP contribution in [0.2, 0.25) is 0 Å². The second-order valence-corrected chi connectivity index (χ2v) is 7.11. The molecule has 1 heterocycles. The van der Waals surface area contributed by atoms with Crippen molar-refractivity contribution < 1.29 is 0 Å². The van der Waals surface area contributed by atoms with Crippen molar-refractivity contribution in [3.63, 3.8) is 0 Å². The minimum absolute atomic E-state index is 0.672. The number of hydrogen-bond acceptors (Lipinski definition) is 1. The summed E-state index contributed by atoms with van der Waals surface area (Å²) in [6, 6.07) is 33.3. The third kappa shape index (κ3) is 3.77. The molecule has 0 saturated heterocycles. The van der Waals surface area contributed by atoms with E-state index in [1.54, 1.807) is 0 Å². The number of aryl methyl sites for hydroxylation is 1. The molecule has 3 aromatic carbocycles. The van der Waals surface area contributed by atoms with E-state index in [0.717, 1.165) is 28.2 Å². The quantitative estimate of drug-likeness (QED) is 0.360. The molecule has 0 spiro atoms. The monoisotopic (exact) mass is 374 g/mol. The number of nitriles is 1. The van der Waals surface area contributed by atoms with E-state index < -0.39 is 0 Å². The molecule has 29 heavy (non-hydrogen) atoms. The van der Waals surface area contributed by atoms with Crippen molar-refractivity contribution in [1.29, 1.82) is 5.26 Å². The Kier molecular flexibility index (Phi) is 5.14. The van der Waals surface area contributed by atoms with Gasteiger partial charge in [-0.2, -0.15) is 5.26 Å². The fourth-order valence-electron chi connectivity index (χ4n) is 3.72. The number of nitrogens with zero attached hydrogens (tertiary/aromatic N) is 2. The topological polar surface area (TPSA) is 28.7 Å². The zero-order chi connectivity index (χ0) is 20.2. The van der Waals surface area contributed by atoms with Gasteiger partial charge in [-0.3, -0.25) is 0 Å². The Morgan fingerprint density at radius 2 is 1.38 bits per heavy atom. The molecule has 4 rings (SSSR count). The van der Waals surface area contributed by atoms with Crippen LogP contribution in [0.5, 0.6) is 0 Å². The third-order valence-electron chi connectivity index (χ3n) is 5.21. The zero-order valence-corrected chi connectivity index (χ0v) is 16.6. The summed E-state index contributed by atoms with van der Waals surface area (Å²) in [7, 11) is 0. The molecule has 0 N–H and O–H groups in total. The minimum atomic E-state index is 0.672. The van der Waals surface area contributed by atoms with Gasteiger partial charge >= 0.3 is 0 Å². The first-order chi connectivity index (χ1) is 14.2. The summed E-state index contributed by atoms with van der Waals surface area (Å²) >= 11 is 0. The Hall–Kier alpha value is -3.83. The lowest BCUT2D eigenvalue weighted by Gasteiger charge is -2.11. The molecular formula is C27H22N2. The standard InChI is InChI=1S/C27H22N2/c1-20-17-25(18-26(19-28)23-11-7-4-8-12-23)21(2)29(20)27-15-13-24(14-16-27)22-9-5-3-6-10-22/h3-18H,1-2H3. The molecule has 0 unspecified atom stereocenters. The lowest BCUT2D eigenvalue weighted by Crippen LogP contribution is -1.99. The van der Waals surface area contributed by atoms with Gasteiger partial charge in [0.05, 0.1) is 11.6 Å². The number of allylic oxidation sites excluding steroid dienone is 1. The molecule has 0 fully saturated rings. The smallest absolute Gasteiger partial charge is 0.0998 e. The Morgan fingerprint density at radius 1 is 0.793 bits per heavy atom. The van der Waals surface area contributed by atoms with Gasteiger partial charge in [-0.1, -0.05) is 72.8 Å². The Morgan fingerprint density at radius 3 is 2.00 bits per heavy atom. The average molecular weight is 374 g/mol. The Bertz CT molecular complexity index is 1190. The van der Waals surface area contributed by atoms with E-state index in [0.29, 0.717) is 5.57 Å². The molecule has 0 aliphatic rings. The van der Waals surface area contributed by atoms with E-state index in [1.807, 2.05) is 42.5 Å². The van der Waals surface area contributed by atoms with Crippen molar-refractivity contribution in [1.82, 2.24) is 4.57 Å². The highest BCUT2D eigenvalue weighted by Crippen LogP contribution is 2.27. The summed E-state index contributed by atoms with van der Waals surface area (Å²) in [5.74, 6) is 0. The summed E-state index contributed by atoms with van der Waals surface area (Å²) in [4.78, 5) is 0. The van der Waals surface area contributed by atoms with Gasteiger partial charge in [-0.05, 0) is 60.4 Å². The van der Waals surface area contributed by atoms with Crippen LogP contribution in [0.15, 0.2) is 91.0 Å². The van der Waals surface area contributed by atoms with Crippen LogP contribution in [0.25, 0.3) is 28.5 Å². The molecule has 4 aromatic rings. The van der Waals surface area contributed by atoms with Crippen molar-refractivity contribution in [3.05, 3.63) is 114 Å². The first-order valence-electron chi connectivity index (χ1n) is 9.69. The van der Waals surface area contributed by atoms with Crippen LogP contribution in [0.1, 0.15) is 22.5 Å². The zero-order valence-electron chi connectivity index (χ0n) is 16.6. The van der Waals surface area contributed by atoms with Gasteiger partial charge in [0, 0.05) is 17.1 Å². The fourth-order valence-corrected chi connectivity index (χ4v) is 3.72. The van der Waals surface area contributed by atoms with Crippen molar-refractivity contribution in [2.45, 2.75) is 13.8 Å². The van der Waals surface area contributed by atoms with Crippen LogP contribution >= 0.6 is 0 Å². The average Bonchev–Trinajstić information content (AvgIpc) is 3.06. The molecular weight excluding hydrogens is 352 g/mol. The number of hydrogen-bond donors (Lipinski definition) is 0. The molecule has 0 amide bonds. The Balaban J connectivity index is 1.71. The van der Waals surface area contributed by atoms with Gasteiger partial charge in [-0.25, -0.2) is 0 Å². The minimum Gasteiger partial charge on any atom is -0.318 e. The van der Waals surface area contributed by atoms with Gasteiger partial charge in [0.25, 0.3) is 0 Å². The highest BCUT2D eigenvalue weighted by molar-refractivity contribution is 5.90. The van der Waals surface area contributed by atoms with Gasteiger partial charge in [-0.15, -0.1) is 0 Å². The highest BCUT2D eigenvalue weighted by Gasteiger charge is 2.11. The van der Waals surface area contributed by atoms with E-state index >= 15 is 0 Å². The maximum absolute atomic E-state index is 9.64. The highest BCUT2D eigenvalue weighted by atomic mass is 15.0. The molecule has 0 bridgehead atoms. The van der Waals surface area contributed by atoms with E-state index in [2.05, 4.69) is 79.1 Å². The van der Waals surface area contributed by atoms with E-state index in [1.165, 1.54) is 11.1 Å². The van der Waals surface area contributed by atoms with Gasteiger partial charge < -0.3 is 4.57 Å². The molecule has 0 radical (unpaired) electrons. The van der Waals surface area contributed by atoms with Crippen LogP contribution < -0.4 is 0 Å². The third-order valence-corrected chi connectivity index (χ3v) is 5.21. The molecule has 0 saturated carbocycles. The van der Waals surface area contributed by atoms with Crippen molar-refractivity contribution in [2.75, 3.05) is 0 Å². The lowest BCUT2D eigenvalue weighted by molar-refractivity contribution is 0.965. The van der Waals surface area contributed by atoms with Crippen LogP contribution in [0.3, 0.4) is 0 Å². The summed E-state index contributed by atoms with van der Waals surface area (Å²) in [6.07, 6.45) is 1.98. The molecule has 2 heteroatoms. The van der Waals surface area contributed by atoms with Gasteiger partial charge in [0.15, 0.2) is 0 Å². The first kappa shape index (κ1) is 18.5. The first-order valence-corrected chi connectivity index (χ1v) is 9.69. The van der Waals surface area contributed by atoms with Gasteiger partial charge in [0.2, 0.25) is 0 Å². The van der Waals surface area contributed by atoms with Crippen molar-refractivity contribution in [3.8, 4) is 22.9 Å². The summed E-state index contributed by atoms with van der Waals surface area (Å²) < 4.78 is 2.24. The van der Waals surface area contributed by atoms with E-state index in [9.17, 15) is 5.26 Å². The normalized spacial score (nSPS) is 11.3. The predicted molar refractivity (Wildman–Crippen MR) is 121 cm³/mol. The van der Waals surface area contributed by atoms with Crippen molar-refractivity contribution >= 4 is 11.6 Å². The van der Waals surface area contributed by atoms with Crippen LogP contribution in [-0.2, 0) is 0 Å². The summed E-state index contributed by atoms with van der Waals surface area (Å²) in [6.45, 7) is 4.20. The van der Waals surface area contributed by atoms with Crippen LogP contribution in [0, 0.1) is 25.2 Å². The van der Waals surface area contributed by atoms with Gasteiger partial charge in [0.1, 0.15) is 0 Å². The largest absolute Gasteiger partial charge is 0.318 e. The maximum atomic E-state index is 9.64. The second-order valence-electron chi connectivity index (χ2n) is 7.11. The number of aromatic nitrogens is 1. The Labute approximate surface area is 172 Å². The van der Waals surface area contributed by atoms with E-state index in [-0.39, 0.29) is 0 Å². The van der Waals surface area contributed by atoms with Crippen LogP contribution in [0.4, 0.5) is 0 Å². The number of benzene rings is 3. The molecule has 0 atom stereocenters. The summed E-state index contributed by atoms with van der Waals surface area (Å²) in [5, 5.41) is 9.64. The molecule has 0 aliphatic heterocycles. The lowest BCUT2D eigenvalue weighted by atomic mass is 10.0. The molecule has 2 nitrogen and oxygen atoms in total. The molecule has 0 aliphatic carbocycles.